The molecule has 0 atom stereocenters. The van der Waals surface area contributed by atoms with Crippen LogP contribution in [0.15, 0.2) is 47.4 Å². The van der Waals surface area contributed by atoms with Crippen molar-refractivity contribution in [2.24, 2.45) is 0 Å². The Labute approximate surface area is 197 Å². The number of benzene rings is 2. The average molecular weight is 504 g/mol. The number of amides is 1. The Hall–Kier alpha value is -1.91. The van der Waals surface area contributed by atoms with Crippen LogP contribution in [-0.4, -0.2) is 32.6 Å². The third kappa shape index (κ3) is 8.62. The minimum absolute atomic E-state index is 0.117. The zero-order valence-electron chi connectivity index (χ0n) is 16.8. The third-order valence-electron chi connectivity index (χ3n) is 3.92. The molecule has 0 saturated heterocycles. The molecule has 0 spiro atoms. The average Bonchev–Trinajstić information content (AvgIpc) is 2.71. The van der Waals surface area contributed by atoms with Gasteiger partial charge in [-0.05, 0) is 67.5 Å². The Kier molecular flexibility index (Phi) is 9.98. The fraction of sp³-hybridized carbons (Fsp3) is 0.300. The first-order valence-corrected chi connectivity index (χ1v) is 12.1. The number of rotatable bonds is 10. The van der Waals surface area contributed by atoms with Crippen molar-refractivity contribution >= 4 is 62.2 Å². The summed E-state index contributed by atoms with van der Waals surface area (Å²) in [6.07, 6.45) is 1.37. The summed E-state index contributed by atoms with van der Waals surface area (Å²) in [6, 6.07) is 11.0. The number of carbonyl (C=O) groups is 1. The fourth-order valence-corrected chi connectivity index (χ4v) is 4.22. The predicted octanol–water partition coefficient (Wildman–Crippen LogP) is 4.35. The normalized spacial score (nSPS) is 11.1. The Morgan fingerprint density at radius 2 is 1.84 bits per heavy atom. The molecule has 31 heavy (non-hydrogen) atoms. The molecule has 0 unspecified atom stereocenters. The van der Waals surface area contributed by atoms with Gasteiger partial charge < -0.3 is 15.4 Å². The number of ether oxygens (including phenoxy) is 1. The second-order valence-electron chi connectivity index (χ2n) is 6.45. The third-order valence-corrected chi connectivity index (χ3v) is 6.13. The van der Waals surface area contributed by atoms with Crippen LogP contribution >= 0.6 is 35.4 Å². The molecular formula is C20H23Cl2N3O4S2. The summed E-state index contributed by atoms with van der Waals surface area (Å²) >= 11 is 17.0. The van der Waals surface area contributed by atoms with Crippen molar-refractivity contribution < 1.29 is 17.9 Å². The summed E-state index contributed by atoms with van der Waals surface area (Å²) in [4.78, 5) is 12.2. The molecule has 0 fully saturated rings. The molecule has 2 aromatic rings. The van der Waals surface area contributed by atoms with Crippen molar-refractivity contribution in [2.75, 3.05) is 18.5 Å². The van der Waals surface area contributed by atoms with Gasteiger partial charge in [0.15, 0.2) is 5.11 Å². The van der Waals surface area contributed by atoms with E-state index in [0.29, 0.717) is 47.5 Å². The number of sulfonamides is 1. The van der Waals surface area contributed by atoms with Crippen LogP contribution in [0.3, 0.4) is 0 Å². The van der Waals surface area contributed by atoms with E-state index in [0.717, 1.165) is 0 Å². The lowest BCUT2D eigenvalue weighted by Crippen LogP contribution is -2.34. The van der Waals surface area contributed by atoms with E-state index < -0.39 is 10.0 Å². The van der Waals surface area contributed by atoms with Crippen LogP contribution in [0.4, 0.5) is 5.69 Å². The molecule has 0 heterocycles. The highest BCUT2D eigenvalue weighted by Crippen LogP contribution is 2.27. The molecule has 2 rings (SSSR count). The maximum atomic E-state index is 12.1. The van der Waals surface area contributed by atoms with E-state index in [1.807, 2.05) is 6.92 Å². The number of hydrogen-bond acceptors (Lipinski definition) is 5. The molecule has 11 heteroatoms. The quantitative estimate of drug-likeness (QED) is 0.329. The molecule has 7 nitrogen and oxygen atoms in total. The standard InChI is InChI=1S/C20H23Cl2N3O4S2/c1-2-11-23-31(27,28)16-8-6-15(7-9-16)24-20(30)25-19(26)4-3-12-29-18-10-5-14(21)13-17(18)22/h5-10,13,23H,2-4,11-12H2,1H3,(H2,24,25,26,30). The minimum atomic E-state index is -3.53. The van der Waals surface area contributed by atoms with Crippen molar-refractivity contribution in [3.8, 4) is 5.75 Å². The van der Waals surface area contributed by atoms with E-state index in [1.54, 1.807) is 30.3 Å². The summed E-state index contributed by atoms with van der Waals surface area (Å²) in [7, 11) is -3.53. The summed E-state index contributed by atoms with van der Waals surface area (Å²) in [5.41, 5.74) is 0.556. The number of nitrogens with one attached hydrogen (secondary N) is 3. The summed E-state index contributed by atoms with van der Waals surface area (Å²) in [5.74, 6) is 0.227. The van der Waals surface area contributed by atoms with E-state index >= 15 is 0 Å². The van der Waals surface area contributed by atoms with Crippen LogP contribution in [-0.2, 0) is 14.8 Å². The van der Waals surface area contributed by atoms with Crippen LogP contribution in [0.25, 0.3) is 0 Å². The lowest BCUT2D eigenvalue weighted by Gasteiger charge is -2.11. The lowest BCUT2D eigenvalue weighted by atomic mass is 10.3. The molecule has 0 aliphatic heterocycles. The molecular weight excluding hydrogens is 481 g/mol. The largest absolute Gasteiger partial charge is 0.492 e. The number of anilines is 1. The molecule has 2 aromatic carbocycles. The van der Waals surface area contributed by atoms with Crippen molar-refractivity contribution in [1.82, 2.24) is 10.0 Å². The van der Waals surface area contributed by atoms with E-state index in [2.05, 4.69) is 15.4 Å². The minimum Gasteiger partial charge on any atom is -0.492 e. The van der Waals surface area contributed by atoms with E-state index in [-0.39, 0.29) is 22.3 Å². The van der Waals surface area contributed by atoms with Crippen LogP contribution in [0.1, 0.15) is 26.2 Å². The van der Waals surface area contributed by atoms with E-state index in [4.69, 9.17) is 40.2 Å². The van der Waals surface area contributed by atoms with Crippen LogP contribution in [0.2, 0.25) is 10.0 Å². The second kappa shape index (κ2) is 12.2. The zero-order valence-corrected chi connectivity index (χ0v) is 19.9. The summed E-state index contributed by atoms with van der Waals surface area (Å²) < 4.78 is 32.2. The van der Waals surface area contributed by atoms with Crippen LogP contribution < -0.4 is 20.1 Å². The molecule has 0 aliphatic carbocycles. The molecule has 168 valence electrons. The predicted molar refractivity (Wildman–Crippen MR) is 127 cm³/mol. The maximum Gasteiger partial charge on any atom is 0.240 e. The first kappa shape index (κ1) is 25.4. The van der Waals surface area contributed by atoms with Gasteiger partial charge in [-0.15, -0.1) is 0 Å². The van der Waals surface area contributed by atoms with Gasteiger partial charge in [0, 0.05) is 23.7 Å². The van der Waals surface area contributed by atoms with Gasteiger partial charge in [-0.25, -0.2) is 13.1 Å². The van der Waals surface area contributed by atoms with E-state index in [1.165, 1.54) is 12.1 Å². The SMILES string of the molecule is CCCNS(=O)(=O)c1ccc(NC(=S)NC(=O)CCCOc2ccc(Cl)cc2Cl)cc1. The van der Waals surface area contributed by atoms with Gasteiger partial charge in [0.25, 0.3) is 0 Å². The highest BCUT2D eigenvalue weighted by atomic mass is 35.5. The lowest BCUT2D eigenvalue weighted by molar-refractivity contribution is -0.119. The summed E-state index contributed by atoms with van der Waals surface area (Å²) in [6.45, 7) is 2.56. The first-order chi connectivity index (χ1) is 14.7. The van der Waals surface area contributed by atoms with Crippen molar-refractivity contribution in [1.29, 1.82) is 0 Å². The maximum absolute atomic E-state index is 12.1. The number of carbonyl (C=O) groups excluding carboxylic acids is 1. The number of hydrogen-bond donors (Lipinski definition) is 3. The van der Waals surface area contributed by atoms with E-state index in [9.17, 15) is 13.2 Å². The Morgan fingerprint density at radius 1 is 1.13 bits per heavy atom. The molecule has 0 radical (unpaired) electrons. The Balaban J connectivity index is 1.74. The molecule has 3 N–H and O–H groups in total. The van der Waals surface area contributed by atoms with Gasteiger partial charge in [0.1, 0.15) is 5.75 Å². The topological polar surface area (TPSA) is 96.5 Å². The number of halogens is 2. The van der Waals surface area contributed by atoms with Crippen LogP contribution in [0, 0.1) is 0 Å². The summed E-state index contributed by atoms with van der Waals surface area (Å²) in [5, 5.41) is 6.45. The molecule has 0 bridgehead atoms. The van der Waals surface area contributed by atoms with Gasteiger partial charge in [0.05, 0.1) is 16.5 Å². The van der Waals surface area contributed by atoms with Crippen molar-refractivity contribution in [3.63, 3.8) is 0 Å². The van der Waals surface area contributed by atoms with Crippen molar-refractivity contribution in [2.45, 2.75) is 31.1 Å². The highest BCUT2D eigenvalue weighted by molar-refractivity contribution is 7.89. The first-order valence-electron chi connectivity index (χ1n) is 9.49. The van der Waals surface area contributed by atoms with Gasteiger partial charge in [-0.2, -0.15) is 0 Å². The van der Waals surface area contributed by atoms with Gasteiger partial charge in [0.2, 0.25) is 15.9 Å². The number of thiocarbonyl (C=S) groups is 1. The van der Waals surface area contributed by atoms with Gasteiger partial charge >= 0.3 is 0 Å². The Morgan fingerprint density at radius 3 is 2.48 bits per heavy atom. The zero-order chi connectivity index (χ0) is 22.9. The molecule has 0 saturated carbocycles. The molecule has 1 amide bonds. The molecule has 0 aliphatic rings. The molecule has 0 aromatic heterocycles. The second-order valence-corrected chi connectivity index (χ2v) is 9.47. The highest BCUT2D eigenvalue weighted by Gasteiger charge is 2.13. The van der Waals surface area contributed by atoms with Gasteiger partial charge in [-0.3, -0.25) is 4.79 Å². The smallest absolute Gasteiger partial charge is 0.240 e. The fourth-order valence-electron chi connectivity index (χ4n) is 2.40. The van der Waals surface area contributed by atoms with Crippen molar-refractivity contribution in [3.05, 3.63) is 52.5 Å². The van der Waals surface area contributed by atoms with Crippen LogP contribution in [0.5, 0.6) is 5.75 Å². The monoisotopic (exact) mass is 503 g/mol. The van der Waals surface area contributed by atoms with Gasteiger partial charge in [-0.1, -0.05) is 30.1 Å². The Bertz CT molecular complexity index is 1020.